The molecule has 0 aliphatic heterocycles. The van der Waals surface area contributed by atoms with Crippen molar-refractivity contribution in [3.63, 3.8) is 0 Å². The summed E-state index contributed by atoms with van der Waals surface area (Å²) in [5.41, 5.74) is 3.43. The topological polar surface area (TPSA) is 68.8 Å². The number of benzene rings is 2. The van der Waals surface area contributed by atoms with Gasteiger partial charge in [0, 0.05) is 10.0 Å². The first-order chi connectivity index (χ1) is 11.4. The Kier molecular flexibility index (Phi) is 5.04. The number of aryl methyl sites for hydroxylation is 1. The zero-order valence-electron chi connectivity index (χ0n) is 12.7. The highest BCUT2D eigenvalue weighted by Gasteiger charge is 2.17. The summed E-state index contributed by atoms with van der Waals surface area (Å²) in [4.78, 5) is 19.1. The first kappa shape index (κ1) is 17.1. The first-order valence-corrected chi connectivity index (χ1v) is 8.84. The molecule has 4 nitrogen and oxygen atoms in total. The number of imidazole rings is 1. The van der Waals surface area contributed by atoms with Crippen LogP contribution < -0.4 is 5.11 Å². The maximum absolute atomic E-state index is 11.5. The van der Waals surface area contributed by atoms with Crippen LogP contribution in [0, 0.1) is 6.92 Å². The SMILES string of the molecule is Cc1ccc2nc(S[C@H](Cc3cc(Cl)ccc3Cl)C(=O)[O-])[nH]c2c1. The quantitative estimate of drug-likeness (QED) is 0.687. The number of fused-ring (bicyclic) bond motifs is 1. The Hall–Kier alpha value is -1.69. The van der Waals surface area contributed by atoms with Gasteiger partial charge in [0.05, 0.1) is 22.3 Å². The van der Waals surface area contributed by atoms with Gasteiger partial charge in [0.25, 0.3) is 0 Å². The second kappa shape index (κ2) is 7.05. The summed E-state index contributed by atoms with van der Waals surface area (Å²) >= 11 is 13.2. The number of aliphatic carboxylic acids is 1. The Morgan fingerprint density at radius 3 is 2.83 bits per heavy atom. The molecule has 0 spiro atoms. The third-order valence-electron chi connectivity index (χ3n) is 3.55. The van der Waals surface area contributed by atoms with Crippen molar-refractivity contribution in [2.75, 3.05) is 0 Å². The summed E-state index contributed by atoms with van der Waals surface area (Å²) in [6, 6.07) is 10.8. The minimum atomic E-state index is -1.17. The van der Waals surface area contributed by atoms with Gasteiger partial charge >= 0.3 is 0 Å². The van der Waals surface area contributed by atoms with E-state index in [1.165, 1.54) is 0 Å². The summed E-state index contributed by atoms with van der Waals surface area (Å²) in [5.74, 6) is -1.17. The Balaban J connectivity index is 1.85. The van der Waals surface area contributed by atoms with Gasteiger partial charge in [-0.2, -0.15) is 0 Å². The van der Waals surface area contributed by atoms with E-state index >= 15 is 0 Å². The van der Waals surface area contributed by atoms with Gasteiger partial charge in [0.2, 0.25) is 0 Å². The summed E-state index contributed by atoms with van der Waals surface area (Å²) in [7, 11) is 0. The number of nitrogens with one attached hydrogen (secondary N) is 1. The zero-order chi connectivity index (χ0) is 17.3. The Labute approximate surface area is 153 Å². The van der Waals surface area contributed by atoms with E-state index in [0.717, 1.165) is 28.4 Å². The number of rotatable bonds is 5. The van der Waals surface area contributed by atoms with Crippen molar-refractivity contribution in [1.82, 2.24) is 9.97 Å². The van der Waals surface area contributed by atoms with E-state index in [4.69, 9.17) is 23.2 Å². The van der Waals surface area contributed by atoms with Gasteiger partial charge in [-0.1, -0.05) is 41.0 Å². The molecule has 2 aromatic carbocycles. The minimum Gasteiger partial charge on any atom is -0.549 e. The number of aromatic nitrogens is 2. The molecule has 3 rings (SSSR count). The number of aromatic amines is 1. The molecule has 24 heavy (non-hydrogen) atoms. The maximum atomic E-state index is 11.5. The molecule has 3 aromatic rings. The van der Waals surface area contributed by atoms with Crippen LogP contribution in [0.5, 0.6) is 0 Å². The largest absolute Gasteiger partial charge is 0.549 e. The lowest BCUT2D eigenvalue weighted by Gasteiger charge is -2.17. The van der Waals surface area contributed by atoms with Crippen molar-refractivity contribution < 1.29 is 9.90 Å². The lowest BCUT2D eigenvalue weighted by atomic mass is 10.1. The molecule has 0 saturated carbocycles. The lowest BCUT2D eigenvalue weighted by Crippen LogP contribution is -2.35. The van der Waals surface area contributed by atoms with Gasteiger partial charge in [-0.15, -0.1) is 0 Å². The van der Waals surface area contributed by atoms with Gasteiger partial charge in [-0.3, -0.25) is 0 Å². The van der Waals surface area contributed by atoms with Gasteiger partial charge in [0.1, 0.15) is 0 Å². The number of hydrogen-bond donors (Lipinski definition) is 1. The van der Waals surface area contributed by atoms with Crippen LogP contribution in [0.1, 0.15) is 11.1 Å². The molecule has 0 aliphatic rings. The number of carboxylic acid groups (broad SMARTS) is 1. The molecule has 1 aromatic heterocycles. The zero-order valence-corrected chi connectivity index (χ0v) is 15.0. The minimum absolute atomic E-state index is 0.197. The number of thioether (sulfide) groups is 1. The molecule has 124 valence electrons. The summed E-state index contributed by atoms with van der Waals surface area (Å²) in [6.07, 6.45) is 0.197. The van der Waals surface area contributed by atoms with E-state index in [1.807, 2.05) is 25.1 Å². The summed E-state index contributed by atoms with van der Waals surface area (Å²) in [5, 5.41) is 12.2. The van der Waals surface area contributed by atoms with Crippen LogP contribution in [0.4, 0.5) is 0 Å². The molecular weight excluding hydrogens is 367 g/mol. The number of hydrogen-bond acceptors (Lipinski definition) is 4. The number of carbonyl (C=O) groups is 1. The Bertz CT molecular complexity index is 911. The van der Waals surface area contributed by atoms with Gasteiger partial charge < -0.3 is 14.9 Å². The highest BCUT2D eigenvalue weighted by Crippen LogP contribution is 2.29. The molecule has 1 heterocycles. The smallest absolute Gasteiger partial charge is 0.167 e. The second-order valence-electron chi connectivity index (χ2n) is 5.43. The van der Waals surface area contributed by atoms with Gasteiger partial charge in [-0.05, 0) is 54.8 Å². The van der Waals surface area contributed by atoms with Crippen LogP contribution in [0.25, 0.3) is 11.0 Å². The first-order valence-electron chi connectivity index (χ1n) is 7.20. The molecule has 7 heteroatoms. The normalized spacial score (nSPS) is 12.5. The van der Waals surface area contributed by atoms with Crippen LogP contribution >= 0.6 is 35.0 Å². The summed E-state index contributed by atoms with van der Waals surface area (Å²) in [6.45, 7) is 1.98. The van der Waals surface area contributed by atoms with Crippen LogP contribution in [0.3, 0.4) is 0 Å². The molecule has 1 N–H and O–H groups in total. The van der Waals surface area contributed by atoms with Crippen molar-refractivity contribution in [3.05, 3.63) is 57.6 Å². The fraction of sp³-hybridized carbons (Fsp3) is 0.176. The van der Waals surface area contributed by atoms with E-state index < -0.39 is 11.2 Å². The van der Waals surface area contributed by atoms with Crippen molar-refractivity contribution in [2.24, 2.45) is 0 Å². The van der Waals surface area contributed by atoms with E-state index in [1.54, 1.807) is 18.2 Å². The van der Waals surface area contributed by atoms with Gasteiger partial charge in [-0.25, -0.2) is 4.98 Å². The third kappa shape index (κ3) is 3.86. The number of nitrogens with zero attached hydrogens (tertiary/aromatic N) is 1. The Morgan fingerprint density at radius 2 is 2.08 bits per heavy atom. The van der Waals surface area contributed by atoms with Crippen molar-refractivity contribution in [1.29, 1.82) is 0 Å². The van der Waals surface area contributed by atoms with Crippen LogP contribution in [0.2, 0.25) is 10.0 Å². The van der Waals surface area contributed by atoms with Crippen LogP contribution in [0.15, 0.2) is 41.6 Å². The van der Waals surface area contributed by atoms with Crippen LogP contribution in [-0.4, -0.2) is 21.2 Å². The van der Waals surface area contributed by atoms with E-state index in [9.17, 15) is 9.90 Å². The molecule has 0 saturated heterocycles. The average molecular weight is 380 g/mol. The second-order valence-corrected chi connectivity index (χ2v) is 7.46. The summed E-state index contributed by atoms with van der Waals surface area (Å²) < 4.78 is 0. The number of carboxylic acids is 1. The van der Waals surface area contributed by atoms with Crippen molar-refractivity contribution in [3.8, 4) is 0 Å². The molecule has 0 bridgehead atoms. The highest BCUT2D eigenvalue weighted by atomic mass is 35.5. The highest BCUT2D eigenvalue weighted by molar-refractivity contribution is 8.00. The van der Waals surface area contributed by atoms with Crippen molar-refractivity contribution >= 4 is 52.0 Å². The average Bonchev–Trinajstić information content (AvgIpc) is 2.91. The molecule has 0 aliphatic carbocycles. The molecule has 0 unspecified atom stereocenters. The third-order valence-corrected chi connectivity index (χ3v) is 5.21. The molecular formula is C17H13Cl2N2O2S-. The van der Waals surface area contributed by atoms with Crippen LogP contribution in [-0.2, 0) is 11.2 Å². The lowest BCUT2D eigenvalue weighted by molar-refractivity contribution is -0.304. The van der Waals surface area contributed by atoms with E-state index in [-0.39, 0.29) is 6.42 Å². The fourth-order valence-corrected chi connectivity index (χ4v) is 3.70. The monoisotopic (exact) mass is 379 g/mol. The van der Waals surface area contributed by atoms with Gasteiger partial charge in [0.15, 0.2) is 5.16 Å². The molecule has 0 fully saturated rings. The molecule has 0 radical (unpaired) electrons. The van der Waals surface area contributed by atoms with Crippen molar-refractivity contribution in [2.45, 2.75) is 23.8 Å². The fourth-order valence-electron chi connectivity index (χ4n) is 2.36. The standard InChI is InChI=1S/C17H14Cl2N2O2S/c1-9-2-5-13-14(6-9)21-17(20-13)24-15(16(22)23)8-10-7-11(18)3-4-12(10)19/h2-7,15H,8H2,1H3,(H,20,21)(H,22,23)/p-1/t15-/m1/s1. The van der Waals surface area contributed by atoms with E-state index in [0.29, 0.717) is 20.8 Å². The molecule has 0 amide bonds. The predicted molar refractivity (Wildman–Crippen MR) is 95.6 cm³/mol. The number of carbonyl (C=O) groups excluding carboxylic acids is 1. The molecule has 1 atom stereocenters. The maximum Gasteiger partial charge on any atom is 0.167 e. The predicted octanol–water partition coefficient (Wildman–Crippen LogP) is 3.63. The van der Waals surface area contributed by atoms with E-state index in [2.05, 4.69) is 9.97 Å². The number of halogens is 2. The Morgan fingerprint density at radius 1 is 1.29 bits per heavy atom. The number of H-pyrrole nitrogens is 1.